The molecule has 3 aromatic rings. The summed E-state index contributed by atoms with van der Waals surface area (Å²) in [5, 5.41) is 1.88. The normalized spacial score (nSPS) is 17.9. The number of nitrogens with zero attached hydrogens (tertiary/aromatic N) is 1. The number of benzene rings is 3. The summed E-state index contributed by atoms with van der Waals surface area (Å²) >= 11 is 0. The average molecular weight is 512 g/mol. The van der Waals surface area contributed by atoms with E-state index < -0.39 is 0 Å². The molecule has 198 valence electrons. The summed E-state index contributed by atoms with van der Waals surface area (Å²) in [5.74, 6) is 1.58. The maximum Gasteiger partial charge on any atom is 0.193 e. The Morgan fingerprint density at radius 1 is 0.974 bits per heavy atom. The molecule has 1 heterocycles. The van der Waals surface area contributed by atoms with Crippen molar-refractivity contribution in [1.82, 2.24) is 4.90 Å². The van der Waals surface area contributed by atoms with Crippen molar-refractivity contribution in [3.63, 3.8) is 0 Å². The van der Waals surface area contributed by atoms with Gasteiger partial charge in [0.15, 0.2) is 5.78 Å². The molecule has 0 spiro atoms. The van der Waals surface area contributed by atoms with Gasteiger partial charge in [-0.2, -0.15) is 0 Å². The standard InChI is InChI=1S/C33H37NO4/c1-23-28(8-7-9-31(23)37-3)30-16-12-25-22-27(36-2)15-17-29(25)32(30)33(35)24-10-13-26(14-11-24)38-21-20-34-18-5-4-6-19-34/h7-13,15-17,22,26H,4-6,14,18-21H2,1-3H3. The van der Waals surface area contributed by atoms with Gasteiger partial charge in [-0.05, 0) is 91.0 Å². The van der Waals surface area contributed by atoms with Crippen LogP contribution in [0, 0.1) is 6.92 Å². The molecule has 2 aliphatic rings. The van der Waals surface area contributed by atoms with E-state index >= 15 is 0 Å². The number of allylic oxidation sites excluding steroid dienone is 2. The van der Waals surface area contributed by atoms with E-state index in [0.717, 1.165) is 52.1 Å². The fourth-order valence-electron chi connectivity index (χ4n) is 5.58. The first-order valence-corrected chi connectivity index (χ1v) is 13.6. The molecule has 1 atom stereocenters. The first-order chi connectivity index (χ1) is 18.6. The van der Waals surface area contributed by atoms with E-state index in [-0.39, 0.29) is 11.9 Å². The SMILES string of the molecule is COc1ccc2c(C(=O)C3=CCC(OCCN4CCCCC4)C=C3)c(-c3cccc(OC)c3C)ccc2c1. The zero-order chi connectivity index (χ0) is 26.5. The van der Waals surface area contributed by atoms with Gasteiger partial charge in [-0.25, -0.2) is 0 Å². The molecule has 5 nitrogen and oxygen atoms in total. The Balaban J connectivity index is 1.42. The number of carbonyl (C=O) groups is 1. The van der Waals surface area contributed by atoms with Gasteiger partial charge in [0.25, 0.3) is 0 Å². The van der Waals surface area contributed by atoms with Gasteiger partial charge in [-0.15, -0.1) is 0 Å². The largest absolute Gasteiger partial charge is 0.497 e. The highest BCUT2D eigenvalue weighted by Gasteiger charge is 2.23. The van der Waals surface area contributed by atoms with Crippen LogP contribution in [-0.2, 0) is 4.74 Å². The predicted octanol–water partition coefficient (Wildman–Crippen LogP) is 6.77. The second kappa shape index (κ2) is 12.0. The quantitative estimate of drug-likeness (QED) is 0.297. The van der Waals surface area contributed by atoms with Gasteiger partial charge in [0.05, 0.1) is 26.9 Å². The molecule has 5 heteroatoms. The van der Waals surface area contributed by atoms with Gasteiger partial charge in [0.2, 0.25) is 0 Å². The number of ether oxygens (including phenoxy) is 3. The minimum Gasteiger partial charge on any atom is -0.497 e. The topological polar surface area (TPSA) is 48.0 Å². The number of Topliss-reactive ketones (excluding diaryl/α,β-unsaturated/α-hetero) is 1. The molecule has 5 rings (SSSR count). The molecular formula is C33H37NO4. The second-order valence-electron chi connectivity index (χ2n) is 10.1. The number of ketones is 1. The number of rotatable bonds is 9. The molecule has 1 saturated heterocycles. The predicted molar refractivity (Wildman–Crippen MR) is 153 cm³/mol. The van der Waals surface area contributed by atoms with Crippen molar-refractivity contribution >= 4 is 16.6 Å². The number of hydrogen-bond acceptors (Lipinski definition) is 5. The Morgan fingerprint density at radius 3 is 2.55 bits per heavy atom. The van der Waals surface area contributed by atoms with E-state index in [2.05, 4.69) is 17.0 Å². The third-order valence-electron chi connectivity index (χ3n) is 7.76. The van der Waals surface area contributed by atoms with E-state index in [1.807, 2.05) is 61.5 Å². The van der Waals surface area contributed by atoms with E-state index in [9.17, 15) is 4.79 Å². The summed E-state index contributed by atoms with van der Waals surface area (Å²) in [6, 6.07) is 15.9. The van der Waals surface area contributed by atoms with Crippen molar-refractivity contribution in [3.8, 4) is 22.6 Å². The van der Waals surface area contributed by atoms with Crippen LogP contribution in [0.15, 0.2) is 72.3 Å². The average Bonchev–Trinajstić information content (AvgIpc) is 2.97. The lowest BCUT2D eigenvalue weighted by molar-refractivity contribution is 0.0609. The molecular weight excluding hydrogens is 474 g/mol. The Labute approximate surface area is 225 Å². The molecule has 0 aromatic heterocycles. The highest BCUT2D eigenvalue weighted by molar-refractivity contribution is 6.21. The number of piperidine rings is 1. The highest BCUT2D eigenvalue weighted by atomic mass is 16.5. The van der Waals surface area contributed by atoms with Gasteiger partial charge < -0.3 is 19.1 Å². The molecule has 1 unspecified atom stereocenters. The maximum atomic E-state index is 14.1. The van der Waals surface area contributed by atoms with Gasteiger partial charge in [0.1, 0.15) is 11.5 Å². The van der Waals surface area contributed by atoms with E-state index in [1.165, 1.54) is 32.4 Å². The zero-order valence-electron chi connectivity index (χ0n) is 22.7. The monoisotopic (exact) mass is 511 g/mol. The Kier molecular flexibility index (Phi) is 8.26. The number of methoxy groups -OCH3 is 2. The van der Waals surface area contributed by atoms with Crippen LogP contribution in [0.3, 0.4) is 0 Å². The molecule has 0 saturated carbocycles. The van der Waals surface area contributed by atoms with Crippen LogP contribution in [0.25, 0.3) is 21.9 Å². The summed E-state index contributed by atoms with van der Waals surface area (Å²) in [7, 11) is 3.33. The van der Waals surface area contributed by atoms with E-state index in [0.29, 0.717) is 17.6 Å². The van der Waals surface area contributed by atoms with Crippen molar-refractivity contribution in [2.75, 3.05) is 40.5 Å². The lowest BCUT2D eigenvalue weighted by atomic mass is 9.86. The molecule has 0 amide bonds. The summed E-state index contributed by atoms with van der Waals surface area (Å²) in [6.07, 6.45) is 10.6. The highest BCUT2D eigenvalue weighted by Crippen LogP contribution is 2.38. The third kappa shape index (κ3) is 5.54. The van der Waals surface area contributed by atoms with Crippen molar-refractivity contribution in [1.29, 1.82) is 0 Å². The van der Waals surface area contributed by atoms with Gasteiger partial charge in [-0.3, -0.25) is 4.79 Å². The fourth-order valence-corrected chi connectivity index (χ4v) is 5.58. The maximum absolute atomic E-state index is 14.1. The summed E-state index contributed by atoms with van der Waals surface area (Å²) in [5.41, 5.74) is 4.29. The molecule has 0 bridgehead atoms. The van der Waals surface area contributed by atoms with Gasteiger partial charge in [-0.1, -0.05) is 48.9 Å². The molecule has 1 aliphatic heterocycles. The Bertz CT molecular complexity index is 1370. The van der Waals surface area contributed by atoms with E-state index in [1.54, 1.807) is 14.2 Å². The van der Waals surface area contributed by atoms with Gasteiger partial charge in [0, 0.05) is 17.7 Å². The molecule has 1 aliphatic carbocycles. The first kappa shape index (κ1) is 26.2. The lowest BCUT2D eigenvalue weighted by Crippen LogP contribution is -2.33. The molecule has 1 fully saturated rings. The van der Waals surface area contributed by atoms with Crippen molar-refractivity contribution in [3.05, 3.63) is 83.5 Å². The minimum atomic E-state index is 0.00761. The van der Waals surface area contributed by atoms with E-state index in [4.69, 9.17) is 14.2 Å². The van der Waals surface area contributed by atoms with Crippen LogP contribution >= 0.6 is 0 Å². The molecule has 0 radical (unpaired) electrons. The number of carbonyl (C=O) groups excluding carboxylic acids is 1. The second-order valence-corrected chi connectivity index (χ2v) is 10.1. The summed E-state index contributed by atoms with van der Waals surface area (Å²) < 4.78 is 17.2. The third-order valence-corrected chi connectivity index (χ3v) is 7.76. The Morgan fingerprint density at radius 2 is 1.82 bits per heavy atom. The van der Waals surface area contributed by atoms with Crippen molar-refractivity contribution < 1.29 is 19.0 Å². The lowest BCUT2D eigenvalue weighted by Gasteiger charge is -2.27. The van der Waals surface area contributed by atoms with Crippen LogP contribution in [-0.4, -0.2) is 57.2 Å². The van der Waals surface area contributed by atoms with Gasteiger partial charge >= 0.3 is 0 Å². The van der Waals surface area contributed by atoms with Crippen molar-refractivity contribution in [2.45, 2.75) is 38.7 Å². The smallest absolute Gasteiger partial charge is 0.193 e. The molecule has 3 aromatic carbocycles. The van der Waals surface area contributed by atoms with Crippen LogP contribution in [0.2, 0.25) is 0 Å². The number of likely N-dealkylation sites (tertiary alicyclic amines) is 1. The summed E-state index contributed by atoms with van der Waals surface area (Å²) in [6.45, 7) is 6.08. The Hall–Kier alpha value is -3.41. The zero-order valence-corrected chi connectivity index (χ0v) is 22.7. The van der Waals surface area contributed by atoms with Crippen LogP contribution in [0.4, 0.5) is 0 Å². The first-order valence-electron chi connectivity index (χ1n) is 13.6. The molecule has 38 heavy (non-hydrogen) atoms. The van der Waals surface area contributed by atoms with Crippen LogP contribution in [0.5, 0.6) is 11.5 Å². The van der Waals surface area contributed by atoms with Crippen LogP contribution in [0.1, 0.15) is 41.6 Å². The number of fused-ring (bicyclic) bond motifs is 1. The van der Waals surface area contributed by atoms with Crippen LogP contribution < -0.4 is 9.47 Å². The summed E-state index contributed by atoms with van der Waals surface area (Å²) in [4.78, 5) is 16.6. The van der Waals surface area contributed by atoms with Crippen molar-refractivity contribution in [2.24, 2.45) is 0 Å². The number of hydrogen-bond donors (Lipinski definition) is 0. The minimum absolute atomic E-state index is 0.00761. The fraction of sp³-hybridized carbons (Fsp3) is 0.364. The molecule has 0 N–H and O–H groups in total.